The van der Waals surface area contributed by atoms with Crippen LogP contribution in [0.25, 0.3) is 22.8 Å². The van der Waals surface area contributed by atoms with E-state index in [-0.39, 0.29) is 11.2 Å². The van der Waals surface area contributed by atoms with Crippen LogP contribution < -0.4 is 0 Å². The highest BCUT2D eigenvalue weighted by molar-refractivity contribution is 5.61. The fourth-order valence-corrected chi connectivity index (χ4v) is 2.25. The standard InChI is InChI=1S/C18H18FN3/c1-18(2,3)14-8-4-12(5-9-14)16-20-17(22-21-16)13-6-10-15(19)11-7-13/h4-11H,1-3H3,(H,20,21,22). The van der Waals surface area contributed by atoms with Gasteiger partial charge >= 0.3 is 0 Å². The molecule has 0 aliphatic heterocycles. The lowest BCUT2D eigenvalue weighted by atomic mass is 9.87. The first-order valence-corrected chi connectivity index (χ1v) is 7.23. The zero-order valence-electron chi connectivity index (χ0n) is 12.9. The van der Waals surface area contributed by atoms with Crippen LogP contribution in [-0.4, -0.2) is 15.2 Å². The summed E-state index contributed by atoms with van der Waals surface area (Å²) in [6, 6.07) is 14.4. The number of nitrogens with one attached hydrogen (secondary N) is 1. The smallest absolute Gasteiger partial charge is 0.181 e. The van der Waals surface area contributed by atoms with Crippen LogP contribution in [0.4, 0.5) is 4.39 Å². The van der Waals surface area contributed by atoms with E-state index in [9.17, 15) is 4.39 Å². The second-order valence-corrected chi connectivity index (χ2v) is 6.34. The van der Waals surface area contributed by atoms with Gasteiger partial charge in [0, 0.05) is 11.1 Å². The van der Waals surface area contributed by atoms with Crippen LogP contribution in [0.15, 0.2) is 48.5 Å². The van der Waals surface area contributed by atoms with Gasteiger partial charge in [0.2, 0.25) is 0 Å². The Bertz CT molecular complexity index is 765. The molecule has 0 spiro atoms. The quantitative estimate of drug-likeness (QED) is 0.752. The minimum atomic E-state index is -0.266. The highest BCUT2D eigenvalue weighted by Crippen LogP contribution is 2.25. The Kier molecular flexibility index (Phi) is 3.53. The summed E-state index contributed by atoms with van der Waals surface area (Å²) in [5, 5.41) is 7.14. The minimum absolute atomic E-state index is 0.124. The van der Waals surface area contributed by atoms with E-state index in [1.54, 1.807) is 12.1 Å². The molecule has 0 bridgehead atoms. The summed E-state index contributed by atoms with van der Waals surface area (Å²) in [6.07, 6.45) is 0. The minimum Gasteiger partial charge on any atom is -0.259 e. The van der Waals surface area contributed by atoms with Crippen LogP contribution in [0.1, 0.15) is 26.3 Å². The van der Waals surface area contributed by atoms with Crippen molar-refractivity contribution in [1.82, 2.24) is 15.2 Å². The molecule has 0 aliphatic carbocycles. The number of H-pyrrole nitrogens is 1. The predicted molar refractivity (Wildman–Crippen MR) is 85.9 cm³/mol. The molecule has 1 heterocycles. The second kappa shape index (κ2) is 5.37. The molecule has 4 heteroatoms. The molecule has 2 aromatic carbocycles. The maximum atomic E-state index is 13.0. The fraction of sp³-hybridized carbons (Fsp3) is 0.222. The van der Waals surface area contributed by atoms with Crippen LogP contribution in [0, 0.1) is 5.82 Å². The molecule has 0 amide bonds. The van der Waals surface area contributed by atoms with Gasteiger partial charge < -0.3 is 0 Å². The first-order valence-electron chi connectivity index (χ1n) is 7.23. The Morgan fingerprint density at radius 1 is 0.864 bits per heavy atom. The molecular weight excluding hydrogens is 277 g/mol. The molecule has 0 radical (unpaired) electrons. The van der Waals surface area contributed by atoms with Crippen molar-refractivity contribution in [2.24, 2.45) is 0 Å². The predicted octanol–water partition coefficient (Wildman–Crippen LogP) is 4.58. The SMILES string of the molecule is CC(C)(C)c1ccc(-c2nc(-c3ccc(F)cc3)n[nH]2)cc1. The van der Waals surface area contributed by atoms with Gasteiger partial charge in [0.25, 0.3) is 0 Å². The monoisotopic (exact) mass is 295 g/mol. The Morgan fingerprint density at radius 2 is 1.45 bits per heavy atom. The zero-order valence-corrected chi connectivity index (χ0v) is 12.9. The molecule has 0 atom stereocenters. The molecule has 0 aliphatic rings. The number of benzene rings is 2. The second-order valence-electron chi connectivity index (χ2n) is 6.34. The van der Waals surface area contributed by atoms with E-state index >= 15 is 0 Å². The molecular formula is C18H18FN3. The van der Waals surface area contributed by atoms with Crippen LogP contribution in [-0.2, 0) is 5.41 Å². The van der Waals surface area contributed by atoms with Gasteiger partial charge in [-0.2, -0.15) is 5.10 Å². The molecule has 0 saturated heterocycles. The van der Waals surface area contributed by atoms with Gasteiger partial charge in [0.15, 0.2) is 11.6 Å². The molecule has 0 fully saturated rings. The first kappa shape index (κ1) is 14.4. The van der Waals surface area contributed by atoms with Gasteiger partial charge in [0.1, 0.15) is 5.82 Å². The van der Waals surface area contributed by atoms with E-state index < -0.39 is 0 Å². The van der Waals surface area contributed by atoms with Crippen LogP contribution in [0.5, 0.6) is 0 Å². The Morgan fingerprint density at radius 3 is 2.05 bits per heavy atom. The number of aromatic nitrogens is 3. The van der Waals surface area contributed by atoms with Gasteiger partial charge in [-0.1, -0.05) is 45.0 Å². The van der Waals surface area contributed by atoms with E-state index in [2.05, 4.69) is 48.1 Å². The molecule has 22 heavy (non-hydrogen) atoms. The third kappa shape index (κ3) is 2.91. The number of aromatic amines is 1. The summed E-state index contributed by atoms with van der Waals surface area (Å²) in [5.74, 6) is 1.01. The van der Waals surface area contributed by atoms with E-state index in [1.165, 1.54) is 17.7 Å². The summed E-state index contributed by atoms with van der Waals surface area (Å²) in [6.45, 7) is 6.55. The zero-order chi connectivity index (χ0) is 15.7. The number of nitrogens with zero attached hydrogens (tertiary/aromatic N) is 2. The molecule has 112 valence electrons. The first-order chi connectivity index (χ1) is 10.4. The van der Waals surface area contributed by atoms with Gasteiger partial charge in [-0.05, 0) is 35.2 Å². The van der Waals surface area contributed by atoms with Gasteiger partial charge in [-0.3, -0.25) is 5.10 Å². The normalized spacial score (nSPS) is 11.6. The Hall–Kier alpha value is -2.49. The van der Waals surface area contributed by atoms with Crippen molar-refractivity contribution >= 4 is 0 Å². The number of rotatable bonds is 2. The van der Waals surface area contributed by atoms with Crippen molar-refractivity contribution in [1.29, 1.82) is 0 Å². The summed E-state index contributed by atoms with van der Waals surface area (Å²) in [5.41, 5.74) is 3.16. The summed E-state index contributed by atoms with van der Waals surface area (Å²) < 4.78 is 13.0. The van der Waals surface area contributed by atoms with E-state index in [0.717, 1.165) is 11.1 Å². The lowest BCUT2D eigenvalue weighted by molar-refractivity contribution is 0.590. The van der Waals surface area contributed by atoms with E-state index in [4.69, 9.17) is 0 Å². The highest BCUT2D eigenvalue weighted by Gasteiger charge is 2.14. The van der Waals surface area contributed by atoms with Crippen molar-refractivity contribution in [3.05, 3.63) is 59.9 Å². The topological polar surface area (TPSA) is 41.6 Å². The molecule has 3 aromatic rings. The average Bonchev–Trinajstić information content (AvgIpc) is 2.97. The molecule has 0 unspecified atom stereocenters. The third-order valence-corrected chi connectivity index (χ3v) is 3.61. The van der Waals surface area contributed by atoms with Crippen LogP contribution in [0.3, 0.4) is 0 Å². The highest BCUT2D eigenvalue weighted by atomic mass is 19.1. The Balaban J connectivity index is 1.89. The number of hydrogen-bond donors (Lipinski definition) is 1. The maximum absolute atomic E-state index is 13.0. The number of hydrogen-bond acceptors (Lipinski definition) is 2. The average molecular weight is 295 g/mol. The van der Waals surface area contributed by atoms with Crippen molar-refractivity contribution in [3.8, 4) is 22.8 Å². The third-order valence-electron chi connectivity index (χ3n) is 3.61. The number of halogens is 1. The van der Waals surface area contributed by atoms with Gasteiger partial charge in [-0.15, -0.1) is 0 Å². The van der Waals surface area contributed by atoms with Gasteiger partial charge in [-0.25, -0.2) is 9.37 Å². The maximum Gasteiger partial charge on any atom is 0.181 e. The van der Waals surface area contributed by atoms with E-state index in [1.807, 2.05) is 12.1 Å². The Labute approximate surface area is 129 Å². The van der Waals surface area contributed by atoms with Crippen molar-refractivity contribution in [2.45, 2.75) is 26.2 Å². The molecule has 1 aromatic heterocycles. The van der Waals surface area contributed by atoms with Crippen molar-refractivity contribution in [3.63, 3.8) is 0 Å². The molecule has 3 nitrogen and oxygen atoms in total. The van der Waals surface area contributed by atoms with Crippen LogP contribution >= 0.6 is 0 Å². The van der Waals surface area contributed by atoms with E-state index in [0.29, 0.717) is 11.6 Å². The molecule has 3 rings (SSSR count). The summed E-state index contributed by atoms with van der Waals surface area (Å²) >= 11 is 0. The molecule has 1 N–H and O–H groups in total. The summed E-state index contributed by atoms with van der Waals surface area (Å²) in [7, 11) is 0. The lowest BCUT2D eigenvalue weighted by Gasteiger charge is -2.18. The fourth-order valence-electron chi connectivity index (χ4n) is 2.25. The van der Waals surface area contributed by atoms with Crippen LogP contribution in [0.2, 0.25) is 0 Å². The lowest BCUT2D eigenvalue weighted by Crippen LogP contribution is -2.10. The van der Waals surface area contributed by atoms with Gasteiger partial charge in [0.05, 0.1) is 0 Å². The van der Waals surface area contributed by atoms with Crippen molar-refractivity contribution < 1.29 is 4.39 Å². The van der Waals surface area contributed by atoms with Crippen molar-refractivity contribution in [2.75, 3.05) is 0 Å². The molecule has 0 saturated carbocycles. The summed E-state index contributed by atoms with van der Waals surface area (Å²) in [4.78, 5) is 4.48. The largest absolute Gasteiger partial charge is 0.259 e.